The second kappa shape index (κ2) is 6.68. The van der Waals surface area contributed by atoms with E-state index in [4.69, 9.17) is 5.11 Å². The van der Waals surface area contributed by atoms with Crippen LogP contribution < -0.4 is 4.72 Å². The van der Waals surface area contributed by atoms with Crippen LogP contribution in [-0.2, 0) is 21.9 Å². The molecule has 1 aromatic rings. The van der Waals surface area contributed by atoms with Crippen LogP contribution in [0.25, 0.3) is 0 Å². The molecule has 0 bridgehead atoms. The molecule has 2 N–H and O–H groups in total. The Bertz CT molecular complexity index is 540. The third-order valence-corrected chi connectivity index (χ3v) is 5.20. The zero-order valence-corrected chi connectivity index (χ0v) is 13.4. The molecule has 0 aromatic carbocycles. The van der Waals surface area contributed by atoms with E-state index >= 15 is 0 Å². The standard InChI is InChI=1S/C8H13BrN4O4S2/c1-13-7(6(9)10-12-13)19(16,17)11-5(8(14)15)3-4-18-2/h5,11H,3-4H2,1-2H3,(H,14,15)/t5-/m1/s1. The molecule has 0 unspecified atom stereocenters. The molecule has 0 spiro atoms. The number of nitrogens with zero attached hydrogens (tertiary/aromatic N) is 3. The summed E-state index contributed by atoms with van der Waals surface area (Å²) in [4.78, 5) is 11.0. The lowest BCUT2D eigenvalue weighted by Crippen LogP contribution is -2.41. The molecule has 0 fully saturated rings. The largest absolute Gasteiger partial charge is 0.480 e. The van der Waals surface area contributed by atoms with Crippen LogP contribution in [0.4, 0.5) is 0 Å². The number of halogens is 1. The summed E-state index contributed by atoms with van der Waals surface area (Å²) in [6.45, 7) is 0. The van der Waals surface area contributed by atoms with E-state index in [0.29, 0.717) is 5.75 Å². The molecular formula is C8H13BrN4O4S2. The Hall–Kier alpha value is -0.650. The van der Waals surface area contributed by atoms with Crippen LogP contribution in [0, 0.1) is 0 Å². The number of thioether (sulfide) groups is 1. The van der Waals surface area contributed by atoms with Crippen LogP contribution in [-0.4, -0.2) is 52.5 Å². The molecule has 0 saturated carbocycles. The average Bonchev–Trinajstić information content (AvgIpc) is 2.64. The van der Waals surface area contributed by atoms with Crippen LogP contribution in [0.5, 0.6) is 0 Å². The first-order chi connectivity index (χ1) is 8.79. The monoisotopic (exact) mass is 372 g/mol. The maximum Gasteiger partial charge on any atom is 0.321 e. The molecule has 0 aliphatic heterocycles. The Morgan fingerprint density at radius 2 is 2.26 bits per heavy atom. The van der Waals surface area contributed by atoms with E-state index in [1.807, 2.05) is 6.26 Å². The fourth-order valence-corrected chi connectivity index (χ4v) is 4.11. The molecular weight excluding hydrogens is 360 g/mol. The van der Waals surface area contributed by atoms with Gasteiger partial charge < -0.3 is 5.11 Å². The highest BCUT2D eigenvalue weighted by atomic mass is 79.9. The van der Waals surface area contributed by atoms with Crippen molar-refractivity contribution in [2.45, 2.75) is 17.5 Å². The Balaban J connectivity index is 2.98. The molecule has 0 radical (unpaired) electrons. The second-order valence-corrected chi connectivity index (χ2v) is 6.97. The van der Waals surface area contributed by atoms with Crippen LogP contribution in [0.3, 0.4) is 0 Å². The summed E-state index contributed by atoms with van der Waals surface area (Å²) in [5, 5.41) is 15.9. The zero-order valence-electron chi connectivity index (χ0n) is 10.2. The van der Waals surface area contributed by atoms with Crippen molar-refractivity contribution in [3.63, 3.8) is 0 Å². The van der Waals surface area contributed by atoms with E-state index in [2.05, 4.69) is 31.0 Å². The minimum Gasteiger partial charge on any atom is -0.480 e. The van der Waals surface area contributed by atoms with Crippen molar-refractivity contribution in [2.75, 3.05) is 12.0 Å². The van der Waals surface area contributed by atoms with Gasteiger partial charge in [0.1, 0.15) is 6.04 Å². The number of aryl methyl sites for hydroxylation is 1. The van der Waals surface area contributed by atoms with Gasteiger partial charge in [-0.2, -0.15) is 16.5 Å². The molecule has 108 valence electrons. The van der Waals surface area contributed by atoms with Gasteiger partial charge in [0, 0.05) is 7.05 Å². The third kappa shape index (κ3) is 4.16. The lowest BCUT2D eigenvalue weighted by Gasteiger charge is -2.14. The highest BCUT2D eigenvalue weighted by Crippen LogP contribution is 2.18. The summed E-state index contributed by atoms with van der Waals surface area (Å²) < 4.78 is 27.4. The number of rotatable bonds is 7. The summed E-state index contributed by atoms with van der Waals surface area (Å²) in [7, 11) is -2.60. The molecule has 8 nitrogen and oxygen atoms in total. The average molecular weight is 373 g/mol. The van der Waals surface area contributed by atoms with E-state index < -0.39 is 22.0 Å². The molecule has 0 amide bonds. The first kappa shape index (κ1) is 16.4. The van der Waals surface area contributed by atoms with Gasteiger partial charge >= 0.3 is 5.97 Å². The Labute approximate surface area is 123 Å². The van der Waals surface area contributed by atoms with Crippen LogP contribution in [0.1, 0.15) is 6.42 Å². The Kier molecular flexibility index (Phi) is 5.77. The molecule has 1 atom stereocenters. The maximum absolute atomic E-state index is 12.1. The quantitative estimate of drug-likeness (QED) is 0.695. The number of aliphatic carboxylic acids is 1. The first-order valence-electron chi connectivity index (χ1n) is 5.09. The van der Waals surface area contributed by atoms with Gasteiger partial charge in [-0.25, -0.2) is 13.1 Å². The highest BCUT2D eigenvalue weighted by Gasteiger charge is 2.29. The number of aromatic nitrogens is 3. The number of carbonyl (C=O) groups is 1. The normalized spacial score (nSPS) is 13.4. The first-order valence-corrected chi connectivity index (χ1v) is 8.76. The topological polar surface area (TPSA) is 114 Å². The van der Waals surface area contributed by atoms with Crippen molar-refractivity contribution < 1.29 is 18.3 Å². The van der Waals surface area contributed by atoms with Crippen molar-refractivity contribution >= 4 is 43.7 Å². The minimum atomic E-state index is -4.00. The van der Waals surface area contributed by atoms with Gasteiger partial charge in [-0.05, 0) is 34.4 Å². The SMILES string of the molecule is CSCC[C@@H](NS(=O)(=O)c1c(Br)nnn1C)C(=O)O. The Morgan fingerprint density at radius 3 is 2.68 bits per heavy atom. The number of nitrogens with one attached hydrogen (secondary N) is 1. The maximum atomic E-state index is 12.1. The summed E-state index contributed by atoms with van der Waals surface area (Å²) >= 11 is 4.41. The summed E-state index contributed by atoms with van der Waals surface area (Å²) in [5.41, 5.74) is 0. The molecule has 1 heterocycles. The highest BCUT2D eigenvalue weighted by molar-refractivity contribution is 9.10. The van der Waals surface area contributed by atoms with Crippen molar-refractivity contribution in [3.8, 4) is 0 Å². The van der Waals surface area contributed by atoms with Gasteiger partial charge in [-0.3, -0.25) is 4.79 Å². The van der Waals surface area contributed by atoms with Crippen molar-refractivity contribution in [3.05, 3.63) is 4.60 Å². The molecule has 19 heavy (non-hydrogen) atoms. The summed E-state index contributed by atoms with van der Waals surface area (Å²) in [5.74, 6) is -0.687. The van der Waals surface area contributed by atoms with Gasteiger partial charge in [0.2, 0.25) is 5.03 Å². The predicted octanol–water partition coefficient (Wildman–Crippen LogP) is 0.0622. The van der Waals surface area contributed by atoms with Gasteiger partial charge in [-0.1, -0.05) is 5.21 Å². The lowest BCUT2D eigenvalue weighted by molar-refractivity contribution is -0.139. The smallest absolute Gasteiger partial charge is 0.321 e. The van der Waals surface area contributed by atoms with E-state index in [0.717, 1.165) is 4.68 Å². The summed E-state index contributed by atoms with van der Waals surface area (Å²) in [6, 6.07) is -1.18. The van der Waals surface area contributed by atoms with Crippen LogP contribution in [0.15, 0.2) is 9.63 Å². The molecule has 0 aliphatic carbocycles. The van der Waals surface area contributed by atoms with Gasteiger partial charge in [0.15, 0.2) is 4.60 Å². The van der Waals surface area contributed by atoms with Crippen LogP contribution >= 0.6 is 27.7 Å². The van der Waals surface area contributed by atoms with Gasteiger partial charge in [0.05, 0.1) is 0 Å². The van der Waals surface area contributed by atoms with Gasteiger partial charge in [0.25, 0.3) is 10.0 Å². The molecule has 1 aromatic heterocycles. The third-order valence-electron chi connectivity index (χ3n) is 2.20. The fourth-order valence-electron chi connectivity index (χ4n) is 1.32. The number of carboxylic acids is 1. The molecule has 1 rings (SSSR count). The lowest BCUT2D eigenvalue weighted by atomic mass is 10.2. The number of carboxylic acid groups (broad SMARTS) is 1. The number of hydrogen-bond donors (Lipinski definition) is 2. The zero-order chi connectivity index (χ0) is 14.6. The number of hydrogen-bond acceptors (Lipinski definition) is 6. The van der Waals surface area contributed by atoms with Crippen LogP contribution in [0.2, 0.25) is 0 Å². The molecule has 0 saturated heterocycles. The van der Waals surface area contributed by atoms with Crippen molar-refractivity contribution in [2.24, 2.45) is 7.05 Å². The van der Waals surface area contributed by atoms with Gasteiger partial charge in [-0.15, -0.1) is 5.10 Å². The Morgan fingerprint density at radius 1 is 1.63 bits per heavy atom. The van der Waals surface area contributed by atoms with E-state index in [-0.39, 0.29) is 16.0 Å². The van der Waals surface area contributed by atoms with E-state index in [1.54, 1.807) is 0 Å². The van der Waals surface area contributed by atoms with Crippen molar-refractivity contribution in [1.29, 1.82) is 0 Å². The molecule has 0 aliphatic rings. The van der Waals surface area contributed by atoms with E-state index in [1.165, 1.54) is 18.8 Å². The van der Waals surface area contributed by atoms with E-state index in [9.17, 15) is 13.2 Å². The summed E-state index contributed by atoms with van der Waals surface area (Å²) in [6.07, 6.45) is 2.01. The number of sulfonamides is 1. The fraction of sp³-hybridized carbons (Fsp3) is 0.625. The molecule has 11 heteroatoms. The van der Waals surface area contributed by atoms with Crippen molar-refractivity contribution in [1.82, 2.24) is 19.7 Å². The minimum absolute atomic E-state index is 0.0384. The predicted molar refractivity (Wildman–Crippen MR) is 73.4 cm³/mol. The second-order valence-electron chi connectivity index (χ2n) is 3.60.